The van der Waals surface area contributed by atoms with Gasteiger partial charge in [0.1, 0.15) is 10.8 Å². The Bertz CT molecular complexity index is 429. The SMILES string of the molecule is CCCCCN(c1nccc(C)c1C(N)=S)C(C)C. The molecule has 0 radical (unpaired) electrons. The summed E-state index contributed by atoms with van der Waals surface area (Å²) in [5.74, 6) is 0.929. The maximum atomic E-state index is 5.87. The maximum absolute atomic E-state index is 5.87. The van der Waals surface area contributed by atoms with Crippen molar-refractivity contribution in [3.63, 3.8) is 0 Å². The lowest BCUT2D eigenvalue weighted by Crippen LogP contribution is -2.34. The lowest BCUT2D eigenvalue weighted by atomic mass is 10.1. The van der Waals surface area contributed by atoms with Crippen LogP contribution in [-0.2, 0) is 0 Å². The first-order valence-corrected chi connectivity index (χ1v) is 7.41. The number of aryl methyl sites for hydroxylation is 1. The van der Waals surface area contributed by atoms with Crippen LogP contribution in [0.3, 0.4) is 0 Å². The predicted octanol–water partition coefficient (Wildman–Crippen LogP) is 3.43. The molecule has 0 aliphatic rings. The van der Waals surface area contributed by atoms with Gasteiger partial charge >= 0.3 is 0 Å². The summed E-state index contributed by atoms with van der Waals surface area (Å²) in [7, 11) is 0. The molecule has 1 aromatic heterocycles. The smallest absolute Gasteiger partial charge is 0.139 e. The Balaban J connectivity index is 3.08. The van der Waals surface area contributed by atoms with Crippen molar-refractivity contribution in [3.8, 4) is 0 Å². The molecule has 0 unspecified atom stereocenters. The Morgan fingerprint density at radius 1 is 1.42 bits per heavy atom. The van der Waals surface area contributed by atoms with Gasteiger partial charge in [0.2, 0.25) is 0 Å². The molecule has 0 fully saturated rings. The number of thiocarbonyl (C=S) groups is 1. The first kappa shape index (κ1) is 15.9. The van der Waals surface area contributed by atoms with Gasteiger partial charge in [0.15, 0.2) is 0 Å². The van der Waals surface area contributed by atoms with Gasteiger partial charge in [-0.1, -0.05) is 32.0 Å². The van der Waals surface area contributed by atoms with Crippen LogP contribution in [0.5, 0.6) is 0 Å². The Morgan fingerprint density at radius 2 is 2.11 bits per heavy atom. The van der Waals surface area contributed by atoms with Crippen molar-refractivity contribution in [3.05, 3.63) is 23.4 Å². The molecule has 0 aliphatic heterocycles. The molecule has 4 heteroatoms. The van der Waals surface area contributed by atoms with Crippen molar-refractivity contribution in [2.45, 2.75) is 53.0 Å². The van der Waals surface area contributed by atoms with E-state index in [9.17, 15) is 0 Å². The molecule has 0 saturated carbocycles. The van der Waals surface area contributed by atoms with Gasteiger partial charge in [-0.05, 0) is 38.8 Å². The van der Waals surface area contributed by atoms with Gasteiger partial charge in [0.25, 0.3) is 0 Å². The minimum atomic E-state index is 0.388. The Labute approximate surface area is 122 Å². The number of aromatic nitrogens is 1. The summed E-state index contributed by atoms with van der Waals surface area (Å²) in [5, 5.41) is 0. The minimum absolute atomic E-state index is 0.388. The highest BCUT2D eigenvalue weighted by molar-refractivity contribution is 7.80. The van der Waals surface area contributed by atoms with Gasteiger partial charge in [-0.25, -0.2) is 4.98 Å². The number of anilines is 1. The summed E-state index contributed by atoms with van der Waals surface area (Å²) >= 11 is 5.19. The van der Waals surface area contributed by atoms with Crippen LogP contribution >= 0.6 is 12.2 Å². The fraction of sp³-hybridized carbons (Fsp3) is 0.600. The summed E-state index contributed by atoms with van der Waals surface area (Å²) in [4.78, 5) is 7.25. The van der Waals surface area contributed by atoms with Crippen LogP contribution in [0.4, 0.5) is 5.82 Å². The molecule has 0 bridgehead atoms. The van der Waals surface area contributed by atoms with Crippen LogP contribution in [0.25, 0.3) is 0 Å². The summed E-state index contributed by atoms with van der Waals surface area (Å²) in [6.45, 7) is 9.60. The number of rotatable bonds is 7. The van der Waals surface area contributed by atoms with Crippen LogP contribution < -0.4 is 10.6 Å². The topological polar surface area (TPSA) is 42.2 Å². The van der Waals surface area contributed by atoms with E-state index in [2.05, 4.69) is 30.7 Å². The molecule has 0 amide bonds. The summed E-state index contributed by atoms with van der Waals surface area (Å²) in [6.07, 6.45) is 5.45. The zero-order valence-corrected chi connectivity index (χ0v) is 13.3. The fourth-order valence-corrected chi connectivity index (χ4v) is 2.46. The summed E-state index contributed by atoms with van der Waals surface area (Å²) < 4.78 is 0. The second kappa shape index (κ2) is 7.43. The molecule has 106 valence electrons. The molecule has 2 N–H and O–H groups in total. The third-order valence-corrected chi connectivity index (χ3v) is 3.49. The highest BCUT2D eigenvalue weighted by Crippen LogP contribution is 2.23. The zero-order chi connectivity index (χ0) is 14.4. The number of hydrogen-bond donors (Lipinski definition) is 1. The Hall–Kier alpha value is -1.16. The van der Waals surface area contributed by atoms with E-state index in [0.717, 1.165) is 23.5 Å². The molecule has 3 nitrogen and oxygen atoms in total. The molecule has 19 heavy (non-hydrogen) atoms. The van der Waals surface area contributed by atoms with E-state index in [1.165, 1.54) is 19.3 Å². The number of pyridine rings is 1. The van der Waals surface area contributed by atoms with Crippen LogP contribution in [0.1, 0.15) is 51.2 Å². The molecule has 0 saturated heterocycles. The fourth-order valence-electron chi connectivity index (χ4n) is 2.21. The molecule has 1 rings (SSSR count). The number of hydrogen-bond acceptors (Lipinski definition) is 3. The van der Waals surface area contributed by atoms with Gasteiger partial charge in [-0.3, -0.25) is 0 Å². The molecule has 1 heterocycles. The number of nitrogens with zero attached hydrogens (tertiary/aromatic N) is 2. The zero-order valence-electron chi connectivity index (χ0n) is 12.4. The summed E-state index contributed by atoms with van der Waals surface area (Å²) in [5.41, 5.74) is 7.89. The lowest BCUT2D eigenvalue weighted by Gasteiger charge is -2.30. The van der Waals surface area contributed by atoms with E-state index < -0.39 is 0 Å². The van der Waals surface area contributed by atoms with E-state index in [1.807, 2.05) is 19.2 Å². The highest BCUT2D eigenvalue weighted by Gasteiger charge is 2.18. The van der Waals surface area contributed by atoms with E-state index >= 15 is 0 Å². The van der Waals surface area contributed by atoms with Gasteiger partial charge in [0, 0.05) is 18.8 Å². The predicted molar refractivity (Wildman–Crippen MR) is 86.9 cm³/mol. The third-order valence-electron chi connectivity index (χ3n) is 3.28. The van der Waals surface area contributed by atoms with Crippen molar-refractivity contribution in [2.24, 2.45) is 5.73 Å². The van der Waals surface area contributed by atoms with Crippen LogP contribution in [0.2, 0.25) is 0 Å². The highest BCUT2D eigenvalue weighted by atomic mass is 32.1. The Kier molecular flexibility index (Phi) is 6.22. The van der Waals surface area contributed by atoms with Gasteiger partial charge in [0.05, 0.1) is 5.56 Å². The Morgan fingerprint density at radius 3 is 2.63 bits per heavy atom. The maximum Gasteiger partial charge on any atom is 0.139 e. The second-order valence-electron chi connectivity index (χ2n) is 5.18. The van der Waals surface area contributed by atoms with E-state index in [-0.39, 0.29) is 0 Å². The lowest BCUT2D eigenvalue weighted by molar-refractivity contribution is 0.619. The molecule has 1 aromatic rings. The van der Waals surface area contributed by atoms with Crippen LogP contribution in [0.15, 0.2) is 12.3 Å². The van der Waals surface area contributed by atoms with Crippen molar-refractivity contribution in [1.82, 2.24) is 4.98 Å². The molecule has 0 aromatic carbocycles. The van der Waals surface area contributed by atoms with E-state index in [4.69, 9.17) is 18.0 Å². The first-order chi connectivity index (χ1) is 8.99. The number of unbranched alkanes of at least 4 members (excludes halogenated alkanes) is 2. The minimum Gasteiger partial charge on any atom is -0.389 e. The molecular formula is C15H25N3S. The molecule has 0 aliphatic carbocycles. The number of nitrogens with two attached hydrogens (primary N) is 1. The van der Waals surface area contributed by atoms with Gasteiger partial charge in [-0.15, -0.1) is 0 Å². The largest absolute Gasteiger partial charge is 0.389 e. The average Bonchev–Trinajstić information content (AvgIpc) is 2.33. The molecule has 0 atom stereocenters. The second-order valence-corrected chi connectivity index (χ2v) is 5.62. The molecule has 0 spiro atoms. The van der Waals surface area contributed by atoms with Crippen molar-refractivity contribution in [2.75, 3.05) is 11.4 Å². The average molecular weight is 279 g/mol. The first-order valence-electron chi connectivity index (χ1n) is 7.01. The third kappa shape index (κ3) is 4.16. The van der Waals surface area contributed by atoms with Crippen molar-refractivity contribution in [1.29, 1.82) is 0 Å². The van der Waals surface area contributed by atoms with E-state index in [0.29, 0.717) is 11.0 Å². The van der Waals surface area contributed by atoms with Crippen molar-refractivity contribution < 1.29 is 0 Å². The van der Waals surface area contributed by atoms with Gasteiger partial charge < -0.3 is 10.6 Å². The monoisotopic (exact) mass is 279 g/mol. The van der Waals surface area contributed by atoms with E-state index in [1.54, 1.807) is 0 Å². The van der Waals surface area contributed by atoms with Crippen LogP contribution in [-0.4, -0.2) is 22.6 Å². The normalized spacial score (nSPS) is 10.8. The van der Waals surface area contributed by atoms with Gasteiger partial charge in [-0.2, -0.15) is 0 Å². The van der Waals surface area contributed by atoms with Crippen molar-refractivity contribution >= 4 is 23.0 Å². The molecular weight excluding hydrogens is 254 g/mol. The standard InChI is InChI=1S/C15H25N3S/c1-5-6-7-10-18(11(2)3)15-13(14(16)19)12(4)8-9-17-15/h8-9,11H,5-7,10H2,1-4H3,(H2,16,19). The quantitative estimate of drug-likeness (QED) is 0.613. The summed E-state index contributed by atoms with van der Waals surface area (Å²) in [6, 6.07) is 2.35. The van der Waals surface area contributed by atoms with Crippen LogP contribution in [0, 0.1) is 6.92 Å².